The van der Waals surface area contributed by atoms with Crippen LogP contribution in [0.3, 0.4) is 0 Å². The van der Waals surface area contributed by atoms with Crippen molar-refractivity contribution in [2.45, 2.75) is 46.2 Å². The zero-order valence-corrected chi connectivity index (χ0v) is 19.7. The van der Waals surface area contributed by atoms with Crippen LogP contribution in [-0.4, -0.2) is 17.4 Å². The van der Waals surface area contributed by atoms with Gasteiger partial charge in [0.05, 0.1) is 16.6 Å². The third-order valence-electron chi connectivity index (χ3n) is 4.71. The second kappa shape index (κ2) is 8.67. The summed E-state index contributed by atoms with van der Waals surface area (Å²) >= 11 is 3.46. The minimum atomic E-state index is -1.21. The van der Waals surface area contributed by atoms with Crippen LogP contribution in [0.5, 0.6) is 0 Å². The van der Waals surface area contributed by atoms with Crippen LogP contribution in [0.1, 0.15) is 44.9 Å². The van der Waals surface area contributed by atoms with Crippen LogP contribution in [0.2, 0.25) is 0 Å². The lowest BCUT2D eigenvalue weighted by Crippen LogP contribution is -2.50. The van der Waals surface area contributed by atoms with Crippen LogP contribution < -0.4 is 15.6 Å². The van der Waals surface area contributed by atoms with Crippen molar-refractivity contribution in [3.8, 4) is 0 Å². The SMILES string of the molecule is CC(=O)N(c1ccccc1Br)C(C(=O)NC(C)(C)C)c1coc2ccc(C)cc2c1=O. The molecule has 0 aliphatic heterocycles. The van der Waals surface area contributed by atoms with Gasteiger partial charge in [-0.05, 0) is 67.9 Å². The summed E-state index contributed by atoms with van der Waals surface area (Å²) in [6, 6.07) is 11.1. The first-order valence-corrected chi connectivity index (χ1v) is 10.7. The minimum Gasteiger partial charge on any atom is -0.464 e. The molecule has 1 unspecified atom stereocenters. The van der Waals surface area contributed by atoms with Gasteiger partial charge in [0, 0.05) is 16.9 Å². The molecular weight excluding hydrogens is 460 g/mol. The summed E-state index contributed by atoms with van der Waals surface area (Å²) in [5.41, 5.74) is 0.960. The Labute approximate surface area is 189 Å². The highest BCUT2D eigenvalue weighted by Gasteiger charge is 2.36. The van der Waals surface area contributed by atoms with Gasteiger partial charge in [-0.15, -0.1) is 0 Å². The molecule has 7 heteroatoms. The molecule has 3 aromatic rings. The standard InChI is InChI=1S/C24H25BrN2O4/c1-14-10-11-20-16(12-14)22(29)17(13-31-20)21(23(30)26-24(3,4)5)27(15(2)28)19-9-7-6-8-18(19)25/h6-13,21H,1-5H3,(H,26,30). The van der Waals surface area contributed by atoms with E-state index in [1.165, 1.54) is 18.1 Å². The second-order valence-electron chi connectivity index (χ2n) is 8.50. The molecule has 2 amide bonds. The van der Waals surface area contributed by atoms with Crippen molar-refractivity contribution in [2.75, 3.05) is 4.90 Å². The van der Waals surface area contributed by atoms with E-state index in [1.807, 2.05) is 39.8 Å². The van der Waals surface area contributed by atoms with E-state index in [9.17, 15) is 14.4 Å². The third-order valence-corrected chi connectivity index (χ3v) is 5.38. The molecule has 3 rings (SSSR count). The molecule has 0 saturated heterocycles. The molecule has 0 aliphatic carbocycles. The zero-order valence-electron chi connectivity index (χ0n) is 18.2. The van der Waals surface area contributed by atoms with E-state index in [0.717, 1.165) is 5.56 Å². The molecule has 0 aliphatic rings. The van der Waals surface area contributed by atoms with Crippen LogP contribution in [0, 0.1) is 6.92 Å². The van der Waals surface area contributed by atoms with Gasteiger partial charge in [0.1, 0.15) is 17.9 Å². The number of aryl methyl sites for hydroxylation is 1. The number of hydrogen-bond donors (Lipinski definition) is 1. The van der Waals surface area contributed by atoms with E-state index in [0.29, 0.717) is 21.1 Å². The van der Waals surface area contributed by atoms with Gasteiger partial charge in [-0.25, -0.2) is 0 Å². The van der Waals surface area contributed by atoms with Gasteiger partial charge in [0.25, 0.3) is 0 Å². The number of amides is 2. The average Bonchev–Trinajstić information content (AvgIpc) is 2.66. The number of rotatable bonds is 4. The molecule has 1 N–H and O–H groups in total. The topological polar surface area (TPSA) is 79.6 Å². The fraction of sp³-hybridized carbons (Fsp3) is 0.292. The number of nitrogens with one attached hydrogen (secondary N) is 1. The number of anilines is 1. The highest BCUT2D eigenvalue weighted by Crippen LogP contribution is 2.33. The van der Waals surface area contributed by atoms with E-state index >= 15 is 0 Å². The lowest BCUT2D eigenvalue weighted by molar-refractivity contribution is -0.127. The summed E-state index contributed by atoms with van der Waals surface area (Å²) in [5, 5.41) is 3.26. The quantitative estimate of drug-likeness (QED) is 0.572. The fourth-order valence-corrected chi connectivity index (χ4v) is 3.90. The summed E-state index contributed by atoms with van der Waals surface area (Å²) in [7, 11) is 0. The normalized spacial score (nSPS) is 12.5. The maximum absolute atomic E-state index is 13.4. The molecule has 6 nitrogen and oxygen atoms in total. The van der Waals surface area contributed by atoms with Crippen molar-refractivity contribution < 1.29 is 14.0 Å². The molecular formula is C24H25BrN2O4. The number of carbonyl (C=O) groups is 2. The maximum Gasteiger partial charge on any atom is 0.248 e. The molecule has 2 aromatic carbocycles. The van der Waals surface area contributed by atoms with Gasteiger partial charge in [0.2, 0.25) is 11.8 Å². The summed E-state index contributed by atoms with van der Waals surface area (Å²) < 4.78 is 6.33. The molecule has 0 spiro atoms. The molecule has 0 fully saturated rings. The lowest BCUT2D eigenvalue weighted by Gasteiger charge is -2.33. The monoisotopic (exact) mass is 484 g/mol. The highest BCUT2D eigenvalue weighted by molar-refractivity contribution is 9.10. The van der Waals surface area contributed by atoms with Crippen LogP contribution in [-0.2, 0) is 9.59 Å². The molecule has 1 aromatic heterocycles. The number of fused-ring (bicyclic) bond motifs is 1. The van der Waals surface area contributed by atoms with E-state index in [-0.39, 0.29) is 16.9 Å². The maximum atomic E-state index is 13.4. The Balaban J connectivity index is 2.29. The molecule has 0 radical (unpaired) electrons. The number of carbonyl (C=O) groups excluding carboxylic acids is 2. The summed E-state index contributed by atoms with van der Waals surface area (Å²) in [6.07, 6.45) is 1.28. The Kier molecular flexibility index (Phi) is 6.36. The highest BCUT2D eigenvalue weighted by atomic mass is 79.9. The Morgan fingerprint density at radius 2 is 1.81 bits per heavy atom. The van der Waals surface area contributed by atoms with Crippen molar-refractivity contribution in [3.63, 3.8) is 0 Å². The Hall–Kier alpha value is -2.93. The number of para-hydroxylation sites is 1. The van der Waals surface area contributed by atoms with Crippen LogP contribution in [0.15, 0.2) is 62.4 Å². The number of nitrogens with zero attached hydrogens (tertiary/aromatic N) is 1. The largest absolute Gasteiger partial charge is 0.464 e. The van der Waals surface area contributed by atoms with Crippen molar-refractivity contribution >= 4 is 44.4 Å². The fourth-order valence-electron chi connectivity index (χ4n) is 3.42. The Morgan fingerprint density at radius 3 is 2.42 bits per heavy atom. The first-order valence-electron chi connectivity index (χ1n) is 9.88. The predicted octanol–water partition coefficient (Wildman–Crippen LogP) is 4.87. The smallest absolute Gasteiger partial charge is 0.248 e. The average molecular weight is 485 g/mol. The van der Waals surface area contributed by atoms with E-state index in [4.69, 9.17) is 4.42 Å². The van der Waals surface area contributed by atoms with E-state index < -0.39 is 17.5 Å². The first-order chi connectivity index (χ1) is 14.5. The second-order valence-corrected chi connectivity index (χ2v) is 9.36. The van der Waals surface area contributed by atoms with Crippen molar-refractivity contribution in [3.05, 3.63) is 74.6 Å². The van der Waals surface area contributed by atoms with Gasteiger partial charge in [-0.2, -0.15) is 0 Å². The predicted molar refractivity (Wildman–Crippen MR) is 125 cm³/mol. The molecule has 0 saturated carbocycles. The lowest BCUT2D eigenvalue weighted by atomic mass is 10.0. The molecule has 1 heterocycles. The van der Waals surface area contributed by atoms with Gasteiger partial charge in [-0.1, -0.05) is 23.8 Å². The molecule has 0 bridgehead atoms. The van der Waals surface area contributed by atoms with Crippen LogP contribution in [0.25, 0.3) is 11.0 Å². The van der Waals surface area contributed by atoms with Gasteiger partial charge < -0.3 is 9.73 Å². The Bertz CT molecular complexity index is 1210. The van der Waals surface area contributed by atoms with Crippen LogP contribution in [0.4, 0.5) is 5.69 Å². The minimum absolute atomic E-state index is 0.0887. The molecule has 162 valence electrons. The molecule has 1 atom stereocenters. The van der Waals surface area contributed by atoms with Crippen molar-refractivity contribution in [1.29, 1.82) is 0 Å². The van der Waals surface area contributed by atoms with E-state index in [1.54, 1.807) is 30.3 Å². The number of benzene rings is 2. The summed E-state index contributed by atoms with van der Waals surface area (Å²) in [6.45, 7) is 8.75. The van der Waals surface area contributed by atoms with Gasteiger partial charge >= 0.3 is 0 Å². The Morgan fingerprint density at radius 1 is 1.13 bits per heavy atom. The van der Waals surface area contributed by atoms with E-state index in [2.05, 4.69) is 21.2 Å². The summed E-state index contributed by atoms with van der Waals surface area (Å²) in [5.74, 6) is -0.859. The van der Waals surface area contributed by atoms with Crippen molar-refractivity contribution in [2.24, 2.45) is 0 Å². The van der Waals surface area contributed by atoms with Crippen molar-refractivity contribution in [1.82, 2.24) is 5.32 Å². The molecule has 31 heavy (non-hydrogen) atoms. The zero-order chi connectivity index (χ0) is 22.9. The number of halogens is 1. The van der Waals surface area contributed by atoms with Gasteiger partial charge in [-0.3, -0.25) is 19.3 Å². The first kappa shape index (κ1) is 22.7. The third kappa shape index (κ3) is 4.88. The summed E-state index contributed by atoms with van der Waals surface area (Å²) in [4.78, 5) is 41.0. The number of hydrogen-bond acceptors (Lipinski definition) is 4. The van der Waals surface area contributed by atoms with Gasteiger partial charge in [0.15, 0.2) is 5.43 Å². The van der Waals surface area contributed by atoms with Crippen LogP contribution >= 0.6 is 15.9 Å².